The fourth-order valence-electron chi connectivity index (χ4n) is 2.81. The van der Waals surface area contributed by atoms with Crippen LogP contribution >= 0.6 is 0 Å². The molecule has 1 aromatic rings. The molecule has 1 N–H and O–H groups in total. The molecule has 0 unspecified atom stereocenters. The van der Waals surface area contributed by atoms with E-state index >= 15 is 0 Å². The lowest BCUT2D eigenvalue weighted by molar-refractivity contribution is -0.124. The molecule has 0 bridgehead atoms. The molecule has 0 spiro atoms. The number of carbonyl (C=O) groups is 3. The summed E-state index contributed by atoms with van der Waals surface area (Å²) in [4.78, 5) is 37.6. The molecule has 0 aromatic heterocycles. The van der Waals surface area contributed by atoms with E-state index in [2.05, 4.69) is 5.32 Å². The smallest absolute Gasteiger partial charge is 0.299 e. The summed E-state index contributed by atoms with van der Waals surface area (Å²) in [6, 6.07) is 5.31. The lowest BCUT2D eigenvalue weighted by Crippen LogP contribution is -2.44. The van der Waals surface area contributed by atoms with Gasteiger partial charge in [0.2, 0.25) is 5.91 Å². The van der Waals surface area contributed by atoms with E-state index in [1.807, 2.05) is 13.0 Å². The molecule has 0 saturated carbocycles. The van der Waals surface area contributed by atoms with Gasteiger partial charge in [-0.3, -0.25) is 19.3 Å². The number of Topliss-reactive ketones (excluding diaryl/α,β-unsaturated/α-hetero) is 1. The average Bonchev–Trinajstić information content (AvgIpc) is 2.85. The van der Waals surface area contributed by atoms with Crippen molar-refractivity contribution >= 4 is 23.3 Å². The molecule has 7 heteroatoms. The molecular formula is C17H20N2O5. The van der Waals surface area contributed by atoms with Gasteiger partial charge in [0, 0.05) is 6.54 Å². The Morgan fingerprint density at radius 1 is 1.33 bits per heavy atom. The Morgan fingerprint density at radius 2 is 2.17 bits per heavy atom. The standard InChI is InChI=1S/C17H20N2O5/c1-2-11-3-4-14-13(7-11)16(21)17(22)19(14)9-15(20)18-8-12-10-23-5-6-24-12/h3-4,7,12H,2,5-6,8-10H2,1H3,(H,18,20)/t12-/m0/s1. The van der Waals surface area contributed by atoms with Crippen LogP contribution in [0, 0.1) is 0 Å². The van der Waals surface area contributed by atoms with Gasteiger partial charge < -0.3 is 14.8 Å². The number of nitrogens with zero attached hydrogens (tertiary/aromatic N) is 1. The van der Waals surface area contributed by atoms with Crippen LogP contribution in [0.1, 0.15) is 22.8 Å². The van der Waals surface area contributed by atoms with E-state index in [9.17, 15) is 14.4 Å². The number of aryl methyl sites for hydroxylation is 1. The van der Waals surface area contributed by atoms with Gasteiger partial charge >= 0.3 is 0 Å². The van der Waals surface area contributed by atoms with Gasteiger partial charge in [0.25, 0.3) is 11.7 Å². The van der Waals surface area contributed by atoms with Crippen molar-refractivity contribution in [2.75, 3.05) is 37.8 Å². The summed E-state index contributed by atoms with van der Waals surface area (Å²) in [5.74, 6) is -1.56. The number of nitrogens with one attached hydrogen (secondary N) is 1. The highest BCUT2D eigenvalue weighted by atomic mass is 16.6. The van der Waals surface area contributed by atoms with E-state index in [-0.39, 0.29) is 18.6 Å². The molecular weight excluding hydrogens is 312 g/mol. The molecule has 3 rings (SSSR count). The van der Waals surface area contributed by atoms with Gasteiger partial charge in [-0.05, 0) is 24.1 Å². The van der Waals surface area contributed by atoms with Crippen LogP contribution in [-0.2, 0) is 25.5 Å². The fourth-order valence-corrected chi connectivity index (χ4v) is 2.81. The Kier molecular flexibility index (Phi) is 4.92. The lowest BCUT2D eigenvalue weighted by atomic mass is 10.1. The van der Waals surface area contributed by atoms with Crippen molar-refractivity contribution in [3.63, 3.8) is 0 Å². The van der Waals surface area contributed by atoms with Gasteiger partial charge in [-0.25, -0.2) is 0 Å². The summed E-state index contributed by atoms with van der Waals surface area (Å²) in [5, 5.41) is 2.72. The first-order valence-electron chi connectivity index (χ1n) is 8.05. The highest BCUT2D eigenvalue weighted by Crippen LogP contribution is 2.29. The van der Waals surface area contributed by atoms with Gasteiger partial charge in [0.1, 0.15) is 6.54 Å². The van der Waals surface area contributed by atoms with Gasteiger partial charge in [0.15, 0.2) is 0 Å². The number of hydrogen-bond acceptors (Lipinski definition) is 5. The number of hydrogen-bond donors (Lipinski definition) is 1. The number of fused-ring (bicyclic) bond motifs is 1. The molecule has 1 saturated heterocycles. The quantitative estimate of drug-likeness (QED) is 0.785. The van der Waals surface area contributed by atoms with Crippen molar-refractivity contribution < 1.29 is 23.9 Å². The SMILES string of the molecule is CCc1ccc2c(c1)C(=O)C(=O)N2CC(=O)NC[C@H]1COCCO1. The summed E-state index contributed by atoms with van der Waals surface area (Å²) in [5.41, 5.74) is 1.85. The fraction of sp³-hybridized carbons (Fsp3) is 0.471. The number of benzene rings is 1. The van der Waals surface area contributed by atoms with Crippen LogP contribution in [0.25, 0.3) is 0 Å². The van der Waals surface area contributed by atoms with E-state index in [0.29, 0.717) is 37.6 Å². The predicted molar refractivity (Wildman–Crippen MR) is 86.1 cm³/mol. The molecule has 128 valence electrons. The monoisotopic (exact) mass is 332 g/mol. The zero-order valence-corrected chi connectivity index (χ0v) is 13.5. The molecule has 2 aliphatic heterocycles. The maximum absolute atomic E-state index is 12.2. The topological polar surface area (TPSA) is 84.9 Å². The summed E-state index contributed by atoms with van der Waals surface area (Å²) in [6.45, 7) is 3.61. The molecule has 2 amide bonds. The van der Waals surface area contributed by atoms with Crippen molar-refractivity contribution in [2.45, 2.75) is 19.4 Å². The minimum atomic E-state index is -0.661. The maximum Gasteiger partial charge on any atom is 0.299 e. The predicted octanol–water partition coefficient (Wildman–Crippen LogP) is 0.310. The number of anilines is 1. The molecule has 24 heavy (non-hydrogen) atoms. The highest BCUT2D eigenvalue weighted by molar-refractivity contribution is 6.52. The second kappa shape index (κ2) is 7.11. The number of ether oxygens (including phenoxy) is 2. The Balaban J connectivity index is 1.63. The van der Waals surface area contributed by atoms with Gasteiger partial charge in [-0.1, -0.05) is 13.0 Å². The van der Waals surface area contributed by atoms with Crippen LogP contribution in [0.4, 0.5) is 5.69 Å². The zero-order valence-electron chi connectivity index (χ0n) is 13.5. The Labute approximate surface area is 139 Å². The van der Waals surface area contributed by atoms with E-state index in [4.69, 9.17) is 9.47 Å². The third-order valence-corrected chi connectivity index (χ3v) is 4.16. The molecule has 1 aromatic carbocycles. The third kappa shape index (κ3) is 3.32. The summed E-state index contributed by atoms with van der Waals surface area (Å²) >= 11 is 0. The number of amides is 2. The van der Waals surface area contributed by atoms with Gasteiger partial charge in [-0.15, -0.1) is 0 Å². The molecule has 2 aliphatic rings. The van der Waals surface area contributed by atoms with Crippen LogP contribution in [0.2, 0.25) is 0 Å². The maximum atomic E-state index is 12.2. The van der Waals surface area contributed by atoms with Crippen LogP contribution in [0.5, 0.6) is 0 Å². The number of carbonyl (C=O) groups excluding carboxylic acids is 3. The molecule has 2 heterocycles. The Morgan fingerprint density at radius 3 is 2.88 bits per heavy atom. The van der Waals surface area contributed by atoms with Gasteiger partial charge in [0.05, 0.1) is 37.2 Å². The number of ketones is 1. The Hall–Kier alpha value is -2.25. The average molecular weight is 332 g/mol. The second-order valence-electron chi connectivity index (χ2n) is 5.80. The van der Waals surface area contributed by atoms with Crippen molar-refractivity contribution in [3.8, 4) is 0 Å². The second-order valence-corrected chi connectivity index (χ2v) is 5.80. The number of rotatable bonds is 5. The van der Waals surface area contributed by atoms with Crippen molar-refractivity contribution in [1.29, 1.82) is 0 Å². The first-order valence-corrected chi connectivity index (χ1v) is 8.05. The minimum absolute atomic E-state index is 0.182. The van der Waals surface area contributed by atoms with E-state index in [1.165, 1.54) is 4.90 Å². The van der Waals surface area contributed by atoms with Crippen molar-refractivity contribution in [1.82, 2.24) is 5.32 Å². The minimum Gasteiger partial charge on any atom is -0.376 e. The van der Waals surface area contributed by atoms with E-state index in [0.717, 1.165) is 12.0 Å². The molecule has 7 nitrogen and oxygen atoms in total. The summed E-state index contributed by atoms with van der Waals surface area (Å²) < 4.78 is 10.7. The summed E-state index contributed by atoms with van der Waals surface area (Å²) in [7, 11) is 0. The highest BCUT2D eigenvalue weighted by Gasteiger charge is 2.36. The van der Waals surface area contributed by atoms with Crippen LogP contribution < -0.4 is 10.2 Å². The zero-order chi connectivity index (χ0) is 17.1. The largest absolute Gasteiger partial charge is 0.376 e. The molecule has 0 radical (unpaired) electrons. The molecule has 1 fully saturated rings. The molecule has 0 aliphatic carbocycles. The van der Waals surface area contributed by atoms with Gasteiger partial charge in [-0.2, -0.15) is 0 Å². The first-order chi connectivity index (χ1) is 11.6. The lowest BCUT2D eigenvalue weighted by Gasteiger charge is -2.23. The normalized spacial score (nSPS) is 20.2. The van der Waals surface area contributed by atoms with Crippen molar-refractivity contribution in [3.05, 3.63) is 29.3 Å². The van der Waals surface area contributed by atoms with E-state index < -0.39 is 11.7 Å². The van der Waals surface area contributed by atoms with Crippen LogP contribution in [0.15, 0.2) is 18.2 Å². The Bertz CT molecular complexity index is 667. The molecule has 1 atom stereocenters. The van der Waals surface area contributed by atoms with E-state index in [1.54, 1.807) is 12.1 Å². The summed E-state index contributed by atoms with van der Waals surface area (Å²) in [6.07, 6.45) is 0.594. The van der Waals surface area contributed by atoms with Crippen LogP contribution in [0.3, 0.4) is 0 Å². The van der Waals surface area contributed by atoms with Crippen LogP contribution in [-0.4, -0.2) is 56.6 Å². The van der Waals surface area contributed by atoms with Crippen molar-refractivity contribution in [2.24, 2.45) is 0 Å². The first kappa shape index (κ1) is 16.6. The third-order valence-electron chi connectivity index (χ3n) is 4.16.